The Labute approximate surface area is 109 Å². The number of hydrogen-bond donors (Lipinski definition) is 2. The van der Waals surface area contributed by atoms with E-state index in [1.165, 1.54) is 6.92 Å². The van der Waals surface area contributed by atoms with Crippen LogP contribution in [-0.2, 0) is 0 Å². The smallest absolute Gasteiger partial charge is 0.382 e. The Bertz CT molecular complexity index is 497. The minimum atomic E-state index is -4.84. The van der Waals surface area contributed by atoms with Gasteiger partial charge in [-0.15, -0.1) is 0 Å². The van der Waals surface area contributed by atoms with Gasteiger partial charge in [-0.2, -0.15) is 18.2 Å². The van der Waals surface area contributed by atoms with Crippen molar-refractivity contribution in [1.29, 1.82) is 0 Å². The third-order valence-corrected chi connectivity index (χ3v) is 2.22. The van der Waals surface area contributed by atoms with E-state index in [9.17, 15) is 23.3 Å². The molecular weight excluding hydrogens is 293 g/mol. The van der Waals surface area contributed by atoms with Crippen molar-refractivity contribution < 1.29 is 23.2 Å². The second kappa shape index (κ2) is 5.53. The van der Waals surface area contributed by atoms with Crippen molar-refractivity contribution in [1.82, 2.24) is 9.97 Å². The van der Waals surface area contributed by atoms with Crippen molar-refractivity contribution >= 4 is 23.1 Å². The van der Waals surface area contributed by atoms with Crippen molar-refractivity contribution in [2.45, 2.75) is 19.2 Å². The van der Waals surface area contributed by atoms with Gasteiger partial charge in [-0.25, -0.2) is 4.98 Å². The highest BCUT2D eigenvalue weighted by Crippen LogP contribution is 2.27. The summed E-state index contributed by atoms with van der Waals surface area (Å²) in [5, 5.41) is 21.2. The largest absolute Gasteiger partial charge is 0.416 e. The zero-order valence-corrected chi connectivity index (χ0v) is 10.2. The Balaban J connectivity index is 2.98. The Hall–Kier alpha value is -1.68. The first-order valence-corrected chi connectivity index (χ1v) is 5.18. The maximum absolute atomic E-state index is 12.1. The molecule has 1 unspecified atom stereocenters. The van der Waals surface area contributed by atoms with Crippen molar-refractivity contribution in [3.05, 3.63) is 21.1 Å². The molecule has 0 aliphatic heterocycles. The topological polar surface area (TPSA) is 101 Å². The van der Waals surface area contributed by atoms with E-state index >= 15 is 0 Å². The predicted octanol–water partition coefficient (Wildman–Crippen LogP) is 1.68. The van der Waals surface area contributed by atoms with Gasteiger partial charge in [0.1, 0.15) is 5.69 Å². The molecule has 0 radical (unpaired) electrons. The second-order valence-electron chi connectivity index (χ2n) is 3.47. The average Bonchev–Trinajstić information content (AvgIpc) is 2.22. The highest BCUT2D eigenvalue weighted by atomic mass is 35.5. The molecule has 0 amide bonds. The third-order valence-electron chi connectivity index (χ3n) is 2.05. The number of nitrogens with zero attached hydrogens (tertiary/aromatic N) is 3. The number of aryl methyl sites for hydroxylation is 1. The summed E-state index contributed by atoms with van der Waals surface area (Å²) in [6, 6.07) is 0. The maximum atomic E-state index is 12.1. The molecule has 0 spiro atoms. The van der Waals surface area contributed by atoms with Gasteiger partial charge >= 0.3 is 11.9 Å². The van der Waals surface area contributed by atoms with Crippen LogP contribution in [0.15, 0.2) is 0 Å². The van der Waals surface area contributed by atoms with Crippen molar-refractivity contribution in [2.24, 2.45) is 0 Å². The van der Waals surface area contributed by atoms with Crippen LogP contribution >= 0.6 is 11.6 Å². The van der Waals surface area contributed by atoms with Gasteiger partial charge in [0.05, 0.1) is 11.5 Å². The standard InChI is InChI=1S/C8H8ClF3N4O3/c1-3-5(16(18)19)6(15-7(9)14-3)13-2-4(17)8(10,11)12/h4,17H,2H2,1H3,(H,13,14,15). The van der Waals surface area contributed by atoms with Gasteiger partial charge in [-0.3, -0.25) is 10.1 Å². The van der Waals surface area contributed by atoms with E-state index in [2.05, 4.69) is 9.97 Å². The van der Waals surface area contributed by atoms with Gasteiger partial charge in [0.15, 0.2) is 6.10 Å². The monoisotopic (exact) mass is 300 g/mol. The molecule has 0 saturated heterocycles. The van der Waals surface area contributed by atoms with Crippen LogP contribution in [0, 0.1) is 17.0 Å². The molecule has 0 bridgehead atoms. The summed E-state index contributed by atoms with van der Waals surface area (Å²) in [4.78, 5) is 16.9. The van der Waals surface area contributed by atoms with Crippen molar-refractivity contribution in [2.75, 3.05) is 11.9 Å². The number of aliphatic hydroxyl groups excluding tert-OH is 1. The number of anilines is 1. The van der Waals surface area contributed by atoms with Crippen LogP contribution in [0.25, 0.3) is 0 Å². The first-order chi connectivity index (χ1) is 8.62. The first kappa shape index (κ1) is 15.4. The molecule has 106 valence electrons. The van der Waals surface area contributed by atoms with Crippen LogP contribution in [-0.4, -0.2) is 38.8 Å². The van der Waals surface area contributed by atoms with Crippen molar-refractivity contribution in [3.63, 3.8) is 0 Å². The van der Waals surface area contributed by atoms with Gasteiger partial charge in [0.25, 0.3) is 0 Å². The van der Waals surface area contributed by atoms with Gasteiger partial charge < -0.3 is 10.4 Å². The lowest BCUT2D eigenvalue weighted by atomic mass is 10.3. The number of aromatic nitrogens is 2. The molecule has 11 heteroatoms. The van der Waals surface area contributed by atoms with Gasteiger partial charge in [-0.05, 0) is 18.5 Å². The Morgan fingerprint density at radius 1 is 1.53 bits per heavy atom. The fourth-order valence-electron chi connectivity index (χ4n) is 1.18. The lowest BCUT2D eigenvalue weighted by molar-refractivity contribution is -0.385. The Morgan fingerprint density at radius 3 is 2.58 bits per heavy atom. The number of aliphatic hydroxyl groups is 1. The van der Waals surface area contributed by atoms with Crippen LogP contribution in [0.1, 0.15) is 5.69 Å². The van der Waals surface area contributed by atoms with E-state index in [0.29, 0.717) is 0 Å². The molecule has 2 N–H and O–H groups in total. The van der Waals surface area contributed by atoms with E-state index in [0.717, 1.165) is 0 Å². The summed E-state index contributed by atoms with van der Waals surface area (Å²) in [6.45, 7) is 0.272. The maximum Gasteiger partial charge on any atom is 0.416 e. The molecule has 19 heavy (non-hydrogen) atoms. The Morgan fingerprint density at radius 2 is 2.11 bits per heavy atom. The lowest BCUT2D eigenvalue weighted by Crippen LogP contribution is -2.35. The molecule has 0 fully saturated rings. The first-order valence-electron chi connectivity index (χ1n) is 4.80. The molecule has 0 aromatic carbocycles. The molecule has 1 rings (SSSR count). The van der Waals surface area contributed by atoms with Crippen molar-refractivity contribution in [3.8, 4) is 0 Å². The summed E-state index contributed by atoms with van der Waals surface area (Å²) < 4.78 is 36.3. The van der Waals surface area contributed by atoms with E-state index in [1.807, 2.05) is 5.32 Å². The lowest BCUT2D eigenvalue weighted by Gasteiger charge is -2.15. The number of hydrogen-bond acceptors (Lipinski definition) is 6. The molecular formula is C8H8ClF3N4O3. The summed E-state index contributed by atoms with van der Waals surface area (Å²) in [5.74, 6) is -0.481. The number of nitrogens with one attached hydrogen (secondary N) is 1. The molecule has 7 nitrogen and oxygen atoms in total. The number of halogens is 4. The fraction of sp³-hybridized carbons (Fsp3) is 0.500. The predicted molar refractivity (Wildman–Crippen MR) is 59.0 cm³/mol. The van der Waals surface area contributed by atoms with E-state index < -0.39 is 35.3 Å². The number of nitro groups is 1. The minimum Gasteiger partial charge on any atom is -0.382 e. The molecule has 1 aromatic heterocycles. The van der Waals surface area contributed by atoms with Crippen LogP contribution in [0.3, 0.4) is 0 Å². The van der Waals surface area contributed by atoms with Crippen LogP contribution in [0.4, 0.5) is 24.7 Å². The van der Waals surface area contributed by atoms with Gasteiger partial charge in [-0.1, -0.05) is 0 Å². The van der Waals surface area contributed by atoms with E-state index in [-0.39, 0.29) is 11.0 Å². The second-order valence-corrected chi connectivity index (χ2v) is 3.81. The van der Waals surface area contributed by atoms with Crippen LogP contribution < -0.4 is 5.32 Å². The average molecular weight is 301 g/mol. The zero-order valence-electron chi connectivity index (χ0n) is 9.40. The SMILES string of the molecule is Cc1nc(Cl)nc(NCC(O)C(F)(F)F)c1[N+](=O)[O-]. The highest BCUT2D eigenvalue weighted by molar-refractivity contribution is 6.28. The molecule has 0 saturated carbocycles. The fourth-order valence-corrected chi connectivity index (χ4v) is 1.40. The van der Waals surface area contributed by atoms with Crippen LogP contribution in [0.5, 0.6) is 0 Å². The van der Waals surface area contributed by atoms with Gasteiger partial charge in [0, 0.05) is 0 Å². The Kier molecular flexibility index (Phi) is 4.48. The van der Waals surface area contributed by atoms with E-state index in [1.54, 1.807) is 0 Å². The molecule has 1 heterocycles. The summed E-state index contributed by atoms with van der Waals surface area (Å²) in [6.07, 6.45) is -7.52. The quantitative estimate of drug-likeness (QED) is 0.498. The molecule has 1 aromatic rings. The highest BCUT2D eigenvalue weighted by Gasteiger charge is 2.38. The minimum absolute atomic E-state index is 0.103. The zero-order chi connectivity index (χ0) is 14.8. The molecule has 1 atom stereocenters. The van der Waals surface area contributed by atoms with Crippen LogP contribution in [0.2, 0.25) is 5.28 Å². The molecule has 0 aliphatic carbocycles. The summed E-state index contributed by atoms with van der Waals surface area (Å²) in [7, 11) is 0. The number of alkyl halides is 3. The third kappa shape index (κ3) is 3.89. The number of rotatable bonds is 4. The molecule has 0 aliphatic rings. The van der Waals surface area contributed by atoms with Gasteiger partial charge in [0.2, 0.25) is 11.1 Å². The normalized spacial score (nSPS) is 13.2. The summed E-state index contributed by atoms with van der Waals surface area (Å²) in [5.41, 5.74) is -0.701. The van der Waals surface area contributed by atoms with E-state index in [4.69, 9.17) is 16.7 Å². The summed E-state index contributed by atoms with van der Waals surface area (Å²) >= 11 is 5.46.